The summed E-state index contributed by atoms with van der Waals surface area (Å²) in [4.78, 5) is 15.1. The number of carbonyl (C=O) groups is 1. The summed E-state index contributed by atoms with van der Waals surface area (Å²) in [5.74, 6) is -0.470. The van der Waals surface area contributed by atoms with Gasteiger partial charge in [-0.2, -0.15) is 0 Å². The van der Waals surface area contributed by atoms with Crippen molar-refractivity contribution in [1.29, 1.82) is 0 Å². The average Bonchev–Trinajstić information content (AvgIpc) is 2.38. The maximum atomic E-state index is 11.0. The van der Waals surface area contributed by atoms with Crippen LogP contribution in [0.25, 0.3) is 10.9 Å². The van der Waals surface area contributed by atoms with Crippen LogP contribution in [0.2, 0.25) is 0 Å². The lowest BCUT2D eigenvalue weighted by atomic mass is 10.1. The lowest BCUT2D eigenvalue weighted by Gasteiger charge is -2.14. The van der Waals surface area contributed by atoms with Gasteiger partial charge >= 0.3 is 5.97 Å². The molecule has 0 fully saturated rings. The Labute approximate surface area is 105 Å². The zero-order valence-electron chi connectivity index (χ0n) is 10.4. The number of rotatable bonds is 4. The Morgan fingerprint density at radius 1 is 1.44 bits per heavy atom. The predicted octanol–water partition coefficient (Wildman–Crippen LogP) is 3.11. The molecule has 4 heteroatoms. The molecule has 4 nitrogen and oxygen atoms in total. The number of ether oxygens (including phenoxy) is 1. The van der Waals surface area contributed by atoms with E-state index in [0.29, 0.717) is 11.3 Å². The van der Waals surface area contributed by atoms with Gasteiger partial charge in [0, 0.05) is 11.5 Å². The van der Waals surface area contributed by atoms with E-state index in [2.05, 4.69) is 4.98 Å². The van der Waals surface area contributed by atoms with Crippen LogP contribution < -0.4 is 4.74 Å². The first-order valence-electron chi connectivity index (χ1n) is 5.91. The molecule has 0 spiro atoms. The van der Waals surface area contributed by atoms with Crippen molar-refractivity contribution in [3.63, 3.8) is 0 Å². The number of carboxylic acids is 1. The van der Waals surface area contributed by atoms with E-state index >= 15 is 0 Å². The molecule has 1 atom stereocenters. The largest absolute Gasteiger partial charge is 0.490 e. The van der Waals surface area contributed by atoms with E-state index in [9.17, 15) is 4.79 Å². The first kappa shape index (κ1) is 12.4. The molecule has 0 bridgehead atoms. The van der Waals surface area contributed by atoms with Crippen molar-refractivity contribution < 1.29 is 14.6 Å². The SMILES string of the molecule is CCC(C)Oc1cc(C(=O)O)nc2ccccc12. The zero-order chi connectivity index (χ0) is 13.1. The highest BCUT2D eigenvalue weighted by Gasteiger charge is 2.12. The number of para-hydroxylation sites is 1. The van der Waals surface area contributed by atoms with Gasteiger partial charge in [-0.3, -0.25) is 0 Å². The summed E-state index contributed by atoms with van der Waals surface area (Å²) in [6.07, 6.45) is 0.899. The quantitative estimate of drug-likeness (QED) is 0.899. The number of aromatic nitrogens is 1. The molecular formula is C14H15NO3. The van der Waals surface area contributed by atoms with E-state index in [1.54, 1.807) is 6.07 Å². The Balaban J connectivity index is 2.57. The second kappa shape index (κ2) is 5.04. The number of hydrogen-bond donors (Lipinski definition) is 1. The van der Waals surface area contributed by atoms with Crippen LogP contribution in [0.3, 0.4) is 0 Å². The molecule has 1 aromatic heterocycles. The molecule has 2 aromatic rings. The Hall–Kier alpha value is -2.10. The van der Waals surface area contributed by atoms with Gasteiger partial charge in [-0.05, 0) is 25.5 Å². The number of nitrogens with zero attached hydrogens (tertiary/aromatic N) is 1. The second-order valence-electron chi connectivity index (χ2n) is 4.16. The van der Waals surface area contributed by atoms with Crippen LogP contribution >= 0.6 is 0 Å². The van der Waals surface area contributed by atoms with E-state index in [-0.39, 0.29) is 11.8 Å². The van der Waals surface area contributed by atoms with Crippen LogP contribution in [0, 0.1) is 0 Å². The van der Waals surface area contributed by atoms with Crippen LogP contribution in [0.1, 0.15) is 30.8 Å². The zero-order valence-corrected chi connectivity index (χ0v) is 10.4. The highest BCUT2D eigenvalue weighted by atomic mass is 16.5. The number of fused-ring (bicyclic) bond motifs is 1. The second-order valence-corrected chi connectivity index (χ2v) is 4.16. The fourth-order valence-electron chi connectivity index (χ4n) is 1.65. The highest BCUT2D eigenvalue weighted by molar-refractivity contribution is 5.93. The number of hydrogen-bond acceptors (Lipinski definition) is 3. The summed E-state index contributed by atoms with van der Waals surface area (Å²) in [7, 11) is 0. The standard InChI is InChI=1S/C14H15NO3/c1-3-9(2)18-13-8-12(14(16)17)15-11-7-5-4-6-10(11)13/h4-9H,3H2,1-2H3,(H,16,17). The van der Waals surface area contributed by atoms with Crippen molar-refractivity contribution in [1.82, 2.24) is 4.98 Å². The summed E-state index contributed by atoms with van der Waals surface area (Å²) in [6.45, 7) is 3.97. The van der Waals surface area contributed by atoms with Crippen LogP contribution in [0.15, 0.2) is 30.3 Å². The lowest BCUT2D eigenvalue weighted by molar-refractivity contribution is 0.0690. The minimum absolute atomic E-state index is 0.00648. The summed E-state index contributed by atoms with van der Waals surface area (Å²) in [5.41, 5.74) is 0.641. The summed E-state index contributed by atoms with van der Waals surface area (Å²) >= 11 is 0. The van der Waals surface area contributed by atoms with Gasteiger partial charge in [-0.1, -0.05) is 19.1 Å². The fourth-order valence-corrected chi connectivity index (χ4v) is 1.65. The third kappa shape index (κ3) is 2.42. The van der Waals surface area contributed by atoms with Gasteiger partial charge in [0.1, 0.15) is 5.75 Å². The van der Waals surface area contributed by atoms with Gasteiger partial charge in [0.05, 0.1) is 11.6 Å². The van der Waals surface area contributed by atoms with Crippen molar-refractivity contribution >= 4 is 16.9 Å². The van der Waals surface area contributed by atoms with Crippen LogP contribution in [-0.2, 0) is 0 Å². The molecule has 0 aliphatic heterocycles. The summed E-state index contributed by atoms with van der Waals surface area (Å²) < 4.78 is 5.76. The van der Waals surface area contributed by atoms with E-state index < -0.39 is 5.97 Å². The highest BCUT2D eigenvalue weighted by Crippen LogP contribution is 2.26. The van der Waals surface area contributed by atoms with Crippen molar-refractivity contribution in [3.05, 3.63) is 36.0 Å². The Kier molecular flexibility index (Phi) is 3.46. The van der Waals surface area contributed by atoms with E-state index in [1.807, 2.05) is 32.0 Å². The molecule has 1 aromatic carbocycles. The minimum Gasteiger partial charge on any atom is -0.490 e. The minimum atomic E-state index is -1.05. The van der Waals surface area contributed by atoms with Crippen LogP contribution in [0.5, 0.6) is 5.75 Å². The molecule has 0 aliphatic rings. The molecule has 18 heavy (non-hydrogen) atoms. The van der Waals surface area contributed by atoms with Gasteiger partial charge in [-0.25, -0.2) is 9.78 Å². The number of pyridine rings is 1. The summed E-state index contributed by atoms with van der Waals surface area (Å²) in [6, 6.07) is 8.86. The molecule has 2 rings (SSSR count). The first-order chi connectivity index (χ1) is 8.61. The van der Waals surface area contributed by atoms with Gasteiger partial charge in [0.25, 0.3) is 0 Å². The average molecular weight is 245 g/mol. The Morgan fingerprint density at radius 3 is 2.83 bits per heavy atom. The van der Waals surface area contributed by atoms with Gasteiger partial charge in [0.2, 0.25) is 0 Å². The topological polar surface area (TPSA) is 59.4 Å². The van der Waals surface area contributed by atoms with Crippen molar-refractivity contribution in [3.8, 4) is 5.75 Å². The lowest BCUT2D eigenvalue weighted by Crippen LogP contribution is -2.11. The van der Waals surface area contributed by atoms with Crippen LogP contribution in [0.4, 0.5) is 0 Å². The van der Waals surface area contributed by atoms with Crippen LogP contribution in [-0.4, -0.2) is 22.2 Å². The number of aromatic carboxylic acids is 1. The van der Waals surface area contributed by atoms with Crippen molar-refractivity contribution in [2.75, 3.05) is 0 Å². The van der Waals surface area contributed by atoms with E-state index in [1.165, 1.54) is 6.07 Å². The van der Waals surface area contributed by atoms with E-state index in [4.69, 9.17) is 9.84 Å². The van der Waals surface area contributed by atoms with E-state index in [0.717, 1.165) is 11.8 Å². The maximum Gasteiger partial charge on any atom is 0.354 e. The predicted molar refractivity (Wildman–Crippen MR) is 69.1 cm³/mol. The molecular weight excluding hydrogens is 230 g/mol. The molecule has 1 unspecified atom stereocenters. The molecule has 0 amide bonds. The smallest absolute Gasteiger partial charge is 0.354 e. The molecule has 0 radical (unpaired) electrons. The Morgan fingerprint density at radius 2 is 2.17 bits per heavy atom. The third-order valence-electron chi connectivity index (χ3n) is 2.80. The Bertz CT molecular complexity index is 580. The fraction of sp³-hybridized carbons (Fsp3) is 0.286. The molecule has 0 saturated heterocycles. The normalized spacial score (nSPS) is 12.3. The molecule has 1 N–H and O–H groups in total. The first-order valence-corrected chi connectivity index (χ1v) is 5.91. The number of benzene rings is 1. The number of carboxylic acid groups (broad SMARTS) is 1. The van der Waals surface area contributed by atoms with Crippen molar-refractivity contribution in [2.24, 2.45) is 0 Å². The van der Waals surface area contributed by atoms with Crippen molar-refractivity contribution in [2.45, 2.75) is 26.4 Å². The maximum absolute atomic E-state index is 11.0. The van der Waals surface area contributed by atoms with Gasteiger partial charge < -0.3 is 9.84 Å². The third-order valence-corrected chi connectivity index (χ3v) is 2.80. The molecule has 94 valence electrons. The molecule has 0 saturated carbocycles. The van der Waals surface area contributed by atoms with Gasteiger partial charge in [0.15, 0.2) is 5.69 Å². The summed E-state index contributed by atoms with van der Waals surface area (Å²) in [5, 5.41) is 9.88. The van der Waals surface area contributed by atoms with Gasteiger partial charge in [-0.15, -0.1) is 0 Å². The molecule has 1 heterocycles. The monoisotopic (exact) mass is 245 g/mol. The molecule has 0 aliphatic carbocycles.